The normalized spacial score (nSPS) is 11.0. The zero-order valence-electron chi connectivity index (χ0n) is 13.2. The number of para-hydroxylation sites is 2. The highest BCUT2D eigenvalue weighted by molar-refractivity contribution is 5.86. The van der Waals surface area contributed by atoms with E-state index in [4.69, 9.17) is 0 Å². The zero-order chi connectivity index (χ0) is 16.7. The van der Waals surface area contributed by atoms with Gasteiger partial charge in [-0.25, -0.2) is 4.98 Å². The summed E-state index contributed by atoms with van der Waals surface area (Å²) < 4.78 is 1.54. The fourth-order valence-electron chi connectivity index (χ4n) is 2.85. The van der Waals surface area contributed by atoms with Crippen molar-refractivity contribution in [1.29, 1.82) is 0 Å². The molecule has 0 unspecified atom stereocenters. The van der Waals surface area contributed by atoms with Gasteiger partial charge in [-0.05, 0) is 24.3 Å². The molecule has 0 fully saturated rings. The predicted octanol–water partition coefficient (Wildman–Crippen LogP) is 3.54. The number of hydrogen-bond acceptors (Lipinski definition) is 3. The molecule has 2 heterocycles. The Kier molecular flexibility index (Phi) is 3.24. The third-order valence-electron chi connectivity index (χ3n) is 4.19. The van der Waals surface area contributed by atoms with Gasteiger partial charge >= 0.3 is 0 Å². The molecule has 0 amide bonds. The predicted molar refractivity (Wildman–Crippen MR) is 96.9 cm³/mol. The average molecular weight is 313 g/mol. The first-order valence-corrected chi connectivity index (χ1v) is 7.65. The molecule has 2 aromatic carbocycles. The Balaban J connectivity index is 1.91. The van der Waals surface area contributed by atoms with E-state index in [0.717, 1.165) is 16.5 Å². The van der Waals surface area contributed by atoms with Crippen LogP contribution < -0.4 is 5.56 Å². The monoisotopic (exact) mass is 313 g/mol. The number of aromatic nitrogens is 3. The smallest absolute Gasteiger partial charge is 0.261 e. The molecule has 2 aromatic heterocycles. The summed E-state index contributed by atoms with van der Waals surface area (Å²) in [6, 6.07) is 17.3. The highest BCUT2D eigenvalue weighted by Crippen LogP contribution is 2.23. The summed E-state index contributed by atoms with van der Waals surface area (Å²) in [4.78, 5) is 21.7. The number of fused-ring (bicyclic) bond motifs is 2. The molecule has 0 aliphatic heterocycles. The minimum absolute atomic E-state index is 0.0782. The Morgan fingerprint density at radius 1 is 1.04 bits per heavy atom. The SMILES string of the molecule is C=C(c1cnc2ccccc2c1)c1nc2ccccc2c(=O)n1C. The lowest BCUT2D eigenvalue weighted by Gasteiger charge is -2.12. The van der Waals surface area contributed by atoms with Crippen LogP contribution >= 0.6 is 0 Å². The molecule has 0 saturated carbocycles. The Bertz CT molecular complexity index is 1160. The molecule has 116 valence electrons. The van der Waals surface area contributed by atoms with Crippen molar-refractivity contribution in [2.24, 2.45) is 7.05 Å². The summed E-state index contributed by atoms with van der Waals surface area (Å²) in [6.07, 6.45) is 1.77. The Morgan fingerprint density at radius 3 is 2.58 bits per heavy atom. The van der Waals surface area contributed by atoms with E-state index in [2.05, 4.69) is 16.5 Å². The van der Waals surface area contributed by atoms with Crippen LogP contribution in [0.1, 0.15) is 11.4 Å². The Morgan fingerprint density at radius 2 is 1.75 bits per heavy atom. The highest BCUT2D eigenvalue weighted by atomic mass is 16.1. The van der Waals surface area contributed by atoms with Crippen LogP contribution in [0.4, 0.5) is 0 Å². The van der Waals surface area contributed by atoms with Gasteiger partial charge in [0.05, 0.1) is 16.4 Å². The van der Waals surface area contributed by atoms with Gasteiger partial charge in [-0.1, -0.05) is 36.9 Å². The molecule has 0 spiro atoms. The molecular weight excluding hydrogens is 298 g/mol. The van der Waals surface area contributed by atoms with Gasteiger partial charge in [0.2, 0.25) is 0 Å². The van der Waals surface area contributed by atoms with E-state index >= 15 is 0 Å². The first kappa shape index (κ1) is 14.3. The third kappa shape index (κ3) is 2.20. The summed E-state index contributed by atoms with van der Waals surface area (Å²) in [5.74, 6) is 0.552. The second-order valence-corrected chi connectivity index (χ2v) is 5.71. The van der Waals surface area contributed by atoms with Crippen molar-refractivity contribution in [2.75, 3.05) is 0 Å². The number of rotatable bonds is 2. The van der Waals surface area contributed by atoms with E-state index in [-0.39, 0.29) is 5.56 Å². The second kappa shape index (κ2) is 5.42. The first-order valence-electron chi connectivity index (χ1n) is 7.65. The summed E-state index contributed by atoms with van der Waals surface area (Å²) >= 11 is 0. The maximum absolute atomic E-state index is 12.6. The van der Waals surface area contributed by atoms with Crippen LogP contribution in [0.15, 0.2) is 72.2 Å². The largest absolute Gasteiger partial charge is 0.295 e. The van der Waals surface area contributed by atoms with Crippen molar-refractivity contribution < 1.29 is 0 Å². The van der Waals surface area contributed by atoms with Gasteiger partial charge in [-0.2, -0.15) is 0 Å². The highest BCUT2D eigenvalue weighted by Gasteiger charge is 2.12. The molecule has 4 heteroatoms. The maximum atomic E-state index is 12.6. The van der Waals surface area contributed by atoms with Gasteiger partial charge < -0.3 is 0 Å². The standard InChI is InChI=1S/C20H15N3O/c1-13(15-11-14-7-3-5-9-17(14)21-12-15)19-22-18-10-6-4-8-16(18)20(24)23(19)2/h3-12H,1H2,2H3. The minimum Gasteiger partial charge on any atom is -0.295 e. The van der Waals surface area contributed by atoms with Crippen LogP contribution in [-0.4, -0.2) is 14.5 Å². The molecular formula is C20H15N3O. The molecule has 0 N–H and O–H groups in total. The zero-order valence-corrected chi connectivity index (χ0v) is 13.2. The number of nitrogens with zero attached hydrogens (tertiary/aromatic N) is 3. The van der Waals surface area contributed by atoms with Crippen LogP contribution in [0.3, 0.4) is 0 Å². The van der Waals surface area contributed by atoms with Crippen LogP contribution in [0.25, 0.3) is 27.4 Å². The number of benzene rings is 2. The van der Waals surface area contributed by atoms with Crippen molar-refractivity contribution in [2.45, 2.75) is 0 Å². The van der Waals surface area contributed by atoms with Crippen molar-refractivity contribution >= 4 is 27.4 Å². The van der Waals surface area contributed by atoms with Crippen molar-refractivity contribution in [3.8, 4) is 0 Å². The number of hydrogen-bond donors (Lipinski definition) is 0. The van der Waals surface area contributed by atoms with Crippen molar-refractivity contribution in [3.05, 3.63) is 89.1 Å². The van der Waals surface area contributed by atoms with Crippen LogP contribution in [0.2, 0.25) is 0 Å². The maximum Gasteiger partial charge on any atom is 0.261 e. The van der Waals surface area contributed by atoms with E-state index < -0.39 is 0 Å². The fourth-order valence-corrected chi connectivity index (χ4v) is 2.85. The molecule has 0 aliphatic carbocycles. The van der Waals surface area contributed by atoms with E-state index in [1.165, 1.54) is 0 Å². The summed E-state index contributed by atoms with van der Waals surface area (Å²) in [6.45, 7) is 4.15. The van der Waals surface area contributed by atoms with Gasteiger partial charge in [0.1, 0.15) is 5.82 Å². The lowest BCUT2D eigenvalue weighted by atomic mass is 10.1. The minimum atomic E-state index is -0.0782. The van der Waals surface area contributed by atoms with Gasteiger partial charge in [-0.15, -0.1) is 0 Å². The molecule has 0 saturated heterocycles. The molecule has 4 nitrogen and oxygen atoms in total. The van der Waals surface area contributed by atoms with E-state index in [0.29, 0.717) is 22.3 Å². The van der Waals surface area contributed by atoms with Crippen LogP contribution in [-0.2, 0) is 7.05 Å². The van der Waals surface area contributed by atoms with Crippen molar-refractivity contribution in [3.63, 3.8) is 0 Å². The van der Waals surface area contributed by atoms with Crippen LogP contribution in [0.5, 0.6) is 0 Å². The molecule has 24 heavy (non-hydrogen) atoms. The molecule has 4 aromatic rings. The van der Waals surface area contributed by atoms with Gasteiger partial charge in [-0.3, -0.25) is 14.3 Å². The van der Waals surface area contributed by atoms with Gasteiger partial charge in [0.25, 0.3) is 5.56 Å². The lowest BCUT2D eigenvalue weighted by molar-refractivity contribution is 0.822. The molecule has 0 aliphatic rings. The fraction of sp³-hybridized carbons (Fsp3) is 0.0500. The summed E-state index contributed by atoms with van der Waals surface area (Å²) in [5, 5.41) is 1.63. The third-order valence-corrected chi connectivity index (χ3v) is 4.19. The average Bonchev–Trinajstić information content (AvgIpc) is 2.63. The molecule has 0 bridgehead atoms. The van der Waals surface area contributed by atoms with E-state index in [1.54, 1.807) is 23.9 Å². The molecule has 0 radical (unpaired) electrons. The number of pyridine rings is 1. The summed E-state index contributed by atoms with van der Waals surface area (Å²) in [5.41, 5.74) is 3.05. The second-order valence-electron chi connectivity index (χ2n) is 5.71. The quantitative estimate of drug-likeness (QED) is 0.568. The lowest BCUT2D eigenvalue weighted by Crippen LogP contribution is -2.22. The topological polar surface area (TPSA) is 47.8 Å². The first-order chi connectivity index (χ1) is 11.6. The van der Waals surface area contributed by atoms with E-state index in [9.17, 15) is 4.79 Å². The Labute approximate surface area is 138 Å². The van der Waals surface area contributed by atoms with Gasteiger partial charge in [0, 0.05) is 29.8 Å². The summed E-state index contributed by atoms with van der Waals surface area (Å²) in [7, 11) is 1.72. The molecule has 0 atom stereocenters. The van der Waals surface area contributed by atoms with E-state index in [1.807, 2.05) is 48.5 Å². The Hall–Kier alpha value is -3.27. The van der Waals surface area contributed by atoms with Gasteiger partial charge in [0.15, 0.2) is 0 Å². The molecule has 4 rings (SSSR count). The van der Waals surface area contributed by atoms with Crippen LogP contribution in [0, 0.1) is 0 Å². The van der Waals surface area contributed by atoms with Crippen molar-refractivity contribution in [1.82, 2.24) is 14.5 Å².